The van der Waals surface area contributed by atoms with Gasteiger partial charge in [0.2, 0.25) is 5.91 Å². The molecule has 176 valence electrons. The fourth-order valence-corrected chi connectivity index (χ4v) is 5.46. The van der Waals surface area contributed by atoms with Crippen LogP contribution in [0.3, 0.4) is 0 Å². The van der Waals surface area contributed by atoms with Crippen molar-refractivity contribution in [3.8, 4) is 23.7 Å². The second-order valence-corrected chi connectivity index (χ2v) is 9.99. The molecule has 0 spiro atoms. The molecule has 1 aromatic rings. The third kappa shape index (κ3) is 5.19. The number of hydrogen-bond donors (Lipinski definition) is 2. The number of amides is 2. The Labute approximate surface area is 196 Å². The molecule has 1 aromatic heterocycles. The highest BCUT2D eigenvalue weighted by Crippen LogP contribution is 2.49. The van der Waals surface area contributed by atoms with Gasteiger partial charge in [-0.2, -0.15) is 0 Å². The van der Waals surface area contributed by atoms with E-state index in [1.165, 1.54) is 45.6 Å². The van der Waals surface area contributed by atoms with Gasteiger partial charge in [0.25, 0.3) is 0 Å². The Kier molecular flexibility index (Phi) is 6.98. The molecule has 7 heteroatoms. The molecule has 3 saturated carbocycles. The molecular formula is C26H34N4O3. The van der Waals surface area contributed by atoms with E-state index in [0.29, 0.717) is 12.2 Å². The Morgan fingerprint density at radius 1 is 1.21 bits per heavy atom. The summed E-state index contributed by atoms with van der Waals surface area (Å²) in [6.07, 6.45) is 10.4. The van der Waals surface area contributed by atoms with E-state index in [2.05, 4.69) is 39.0 Å². The predicted octanol–water partition coefficient (Wildman–Crippen LogP) is 3.78. The lowest BCUT2D eigenvalue weighted by Gasteiger charge is -2.43. The SMILES string of the molecule is COC(=O)N[C@H](C(=O)N1CCC[C@H]1c1ncc(C#CC#CC23CCC(CC2)CC3)[nH]1)C(C)C. The molecule has 1 aliphatic heterocycles. The van der Waals surface area contributed by atoms with Gasteiger partial charge in [0.15, 0.2) is 0 Å². The van der Waals surface area contributed by atoms with E-state index in [1.54, 1.807) is 11.1 Å². The molecule has 0 radical (unpaired) electrons. The number of likely N-dealkylation sites (tertiary alicyclic amines) is 1. The van der Waals surface area contributed by atoms with Gasteiger partial charge in [0.1, 0.15) is 17.6 Å². The maximum Gasteiger partial charge on any atom is 0.407 e. The van der Waals surface area contributed by atoms with E-state index < -0.39 is 12.1 Å². The van der Waals surface area contributed by atoms with Crippen molar-refractivity contribution in [3.05, 3.63) is 17.7 Å². The van der Waals surface area contributed by atoms with Gasteiger partial charge in [-0.05, 0) is 81.0 Å². The fraction of sp³-hybridized carbons (Fsp3) is 0.654. The highest BCUT2D eigenvalue weighted by molar-refractivity contribution is 5.86. The monoisotopic (exact) mass is 450 g/mol. The van der Waals surface area contributed by atoms with Crippen LogP contribution in [0.1, 0.15) is 82.8 Å². The zero-order chi connectivity index (χ0) is 23.4. The first kappa shape index (κ1) is 23.2. The minimum absolute atomic E-state index is 0.0619. The molecule has 2 N–H and O–H groups in total. The van der Waals surface area contributed by atoms with E-state index >= 15 is 0 Å². The molecule has 4 fully saturated rings. The average Bonchev–Trinajstić information content (AvgIpc) is 3.50. The van der Waals surface area contributed by atoms with Crippen LogP contribution in [-0.4, -0.2) is 46.6 Å². The first-order chi connectivity index (χ1) is 15.9. The quantitative estimate of drug-likeness (QED) is 0.684. The van der Waals surface area contributed by atoms with Crippen molar-refractivity contribution in [2.75, 3.05) is 13.7 Å². The summed E-state index contributed by atoms with van der Waals surface area (Å²) in [6.45, 7) is 4.44. The van der Waals surface area contributed by atoms with Crippen molar-refractivity contribution < 1.29 is 14.3 Å². The van der Waals surface area contributed by atoms with Crippen molar-refractivity contribution >= 4 is 12.0 Å². The highest BCUT2D eigenvalue weighted by Gasteiger charge is 2.39. The van der Waals surface area contributed by atoms with E-state index in [9.17, 15) is 9.59 Å². The topological polar surface area (TPSA) is 87.3 Å². The van der Waals surface area contributed by atoms with E-state index in [0.717, 1.165) is 24.6 Å². The number of hydrogen-bond acceptors (Lipinski definition) is 4. The lowest BCUT2D eigenvalue weighted by Crippen LogP contribution is -2.51. The molecule has 4 aliphatic rings. The minimum Gasteiger partial charge on any atom is -0.453 e. The van der Waals surface area contributed by atoms with E-state index in [4.69, 9.17) is 4.74 Å². The first-order valence-corrected chi connectivity index (χ1v) is 12.1. The van der Waals surface area contributed by atoms with Gasteiger partial charge in [0, 0.05) is 12.0 Å². The Morgan fingerprint density at radius 3 is 2.61 bits per heavy atom. The normalized spacial score (nSPS) is 26.7. The molecule has 2 atom stereocenters. The summed E-state index contributed by atoms with van der Waals surface area (Å²) in [5, 5.41) is 2.67. The number of ether oxygens (including phenoxy) is 1. The van der Waals surface area contributed by atoms with Crippen molar-refractivity contribution in [1.29, 1.82) is 0 Å². The predicted molar refractivity (Wildman–Crippen MR) is 125 cm³/mol. The van der Waals surface area contributed by atoms with Crippen molar-refractivity contribution in [1.82, 2.24) is 20.2 Å². The van der Waals surface area contributed by atoms with Crippen LogP contribution >= 0.6 is 0 Å². The number of nitrogens with zero attached hydrogens (tertiary/aromatic N) is 2. The summed E-state index contributed by atoms with van der Waals surface area (Å²) >= 11 is 0. The van der Waals surface area contributed by atoms with Crippen LogP contribution in [-0.2, 0) is 9.53 Å². The zero-order valence-corrected chi connectivity index (χ0v) is 19.9. The molecule has 5 rings (SSSR count). The summed E-state index contributed by atoms with van der Waals surface area (Å²) < 4.78 is 4.69. The Hall–Kier alpha value is -2.93. The number of methoxy groups -OCH3 is 1. The van der Waals surface area contributed by atoms with Gasteiger partial charge in [-0.25, -0.2) is 9.78 Å². The second-order valence-electron chi connectivity index (χ2n) is 9.99. The molecular weight excluding hydrogens is 416 g/mol. The Balaban J connectivity index is 1.43. The van der Waals surface area contributed by atoms with Gasteiger partial charge >= 0.3 is 6.09 Å². The summed E-state index contributed by atoms with van der Waals surface area (Å²) in [5.41, 5.74) is 0.898. The van der Waals surface area contributed by atoms with Crippen LogP contribution in [0.25, 0.3) is 0 Å². The molecule has 3 aliphatic carbocycles. The van der Waals surface area contributed by atoms with Gasteiger partial charge in [-0.1, -0.05) is 19.8 Å². The molecule has 2 bridgehead atoms. The maximum atomic E-state index is 13.2. The molecule has 1 saturated heterocycles. The Morgan fingerprint density at radius 2 is 1.94 bits per heavy atom. The zero-order valence-electron chi connectivity index (χ0n) is 19.9. The van der Waals surface area contributed by atoms with Crippen molar-refractivity contribution in [2.24, 2.45) is 17.3 Å². The summed E-state index contributed by atoms with van der Waals surface area (Å²) in [7, 11) is 1.30. The smallest absolute Gasteiger partial charge is 0.407 e. The standard InChI is InChI=1S/C26H34N4O3/c1-18(2)22(29-25(32)33-3)24(31)30-16-6-8-21(30)23-27-17-20(28-23)7-4-5-12-26-13-9-19(10-14-26)11-15-26/h17-19,21-22H,6,8-11,13-16H2,1-3H3,(H,27,28)(H,29,32)/t19?,21-,22-,26?/m0/s1. The number of nitrogens with one attached hydrogen (secondary N) is 2. The van der Waals surface area contributed by atoms with E-state index in [-0.39, 0.29) is 23.3 Å². The molecule has 2 amide bonds. The Bertz CT molecular complexity index is 984. The number of aromatic amines is 1. The molecule has 0 unspecified atom stereocenters. The van der Waals surface area contributed by atoms with Crippen LogP contribution in [0.5, 0.6) is 0 Å². The van der Waals surface area contributed by atoms with Crippen LogP contribution in [0.15, 0.2) is 6.20 Å². The van der Waals surface area contributed by atoms with Gasteiger partial charge in [-0.3, -0.25) is 4.79 Å². The summed E-state index contributed by atoms with van der Waals surface area (Å²) in [6, 6.07) is -0.798. The lowest BCUT2D eigenvalue weighted by molar-refractivity contribution is -0.135. The van der Waals surface area contributed by atoms with Crippen LogP contribution < -0.4 is 5.32 Å². The third-order valence-electron chi connectivity index (χ3n) is 7.52. The molecule has 33 heavy (non-hydrogen) atoms. The largest absolute Gasteiger partial charge is 0.453 e. The third-order valence-corrected chi connectivity index (χ3v) is 7.52. The molecule has 0 aromatic carbocycles. The number of fused-ring (bicyclic) bond motifs is 3. The average molecular weight is 451 g/mol. The van der Waals surface area contributed by atoms with E-state index in [1.807, 2.05) is 13.8 Å². The summed E-state index contributed by atoms with van der Waals surface area (Å²) in [4.78, 5) is 34.5. The van der Waals surface area contributed by atoms with Gasteiger partial charge in [0.05, 0.1) is 19.3 Å². The van der Waals surface area contributed by atoms with Crippen LogP contribution in [0, 0.1) is 40.9 Å². The lowest BCUT2D eigenvalue weighted by atomic mass is 9.61. The first-order valence-electron chi connectivity index (χ1n) is 12.1. The maximum absolute atomic E-state index is 13.2. The van der Waals surface area contributed by atoms with Crippen LogP contribution in [0.4, 0.5) is 4.79 Å². The fourth-order valence-electron chi connectivity index (χ4n) is 5.46. The minimum atomic E-state index is -0.642. The van der Waals surface area contributed by atoms with Crippen LogP contribution in [0.2, 0.25) is 0 Å². The number of imidazole rings is 1. The van der Waals surface area contributed by atoms with Crippen molar-refractivity contribution in [2.45, 2.75) is 77.3 Å². The van der Waals surface area contributed by atoms with Gasteiger partial charge in [-0.15, -0.1) is 0 Å². The number of aromatic nitrogens is 2. The van der Waals surface area contributed by atoms with Crippen molar-refractivity contribution in [3.63, 3.8) is 0 Å². The number of carbonyl (C=O) groups is 2. The molecule has 2 heterocycles. The summed E-state index contributed by atoms with van der Waals surface area (Å²) in [5.74, 6) is 14.1. The number of alkyl carbamates (subject to hydrolysis) is 1. The second kappa shape index (κ2) is 9.91. The molecule has 7 nitrogen and oxygen atoms in total. The highest BCUT2D eigenvalue weighted by atomic mass is 16.5. The number of H-pyrrole nitrogens is 1. The number of rotatable bonds is 4. The van der Waals surface area contributed by atoms with Gasteiger partial charge < -0.3 is 19.9 Å². The number of carbonyl (C=O) groups excluding carboxylic acids is 2.